The number of hydrogen-bond donors (Lipinski definition) is 1. The average molecular weight is 399 g/mol. The summed E-state index contributed by atoms with van der Waals surface area (Å²) in [5.74, 6) is 0.437. The molecule has 28 heavy (non-hydrogen) atoms. The van der Waals surface area contributed by atoms with E-state index in [1.165, 1.54) is 28.8 Å². The molecule has 0 amide bonds. The topological polar surface area (TPSA) is 67.3 Å². The number of hydrogen-bond acceptors (Lipinski definition) is 7. The summed E-state index contributed by atoms with van der Waals surface area (Å²) in [6, 6.07) is 8.54. The van der Waals surface area contributed by atoms with Gasteiger partial charge < -0.3 is 15.0 Å². The van der Waals surface area contributed by atoms with E-state index in [1.54, 1.807) is 6.92 Å². The maximum absolute atomic E-state index is 12.2. The predicted octanol–water partition coefficient (Wildman–Crippen LogP) is 4.24. The largest absolute Gasteiger partial charge is 0.462 e. The molecule has 0 fully saturated rings. The number of carbonyl (C=O) groups is 1. The van der Waals surface area contributed by atoms with Crippen molar-refractivity contribution < 1.29 is 9.53 Å². The van der Waals surface area contributed by atoms with Crippen LogP contribution in [0.15, 0.2) is 30.6 Å². The van der Waals surface area contributed by atoms with Gasteiger partial charge in [-0.2, -0.15) is 0 Å². The summed E-state index contributed by atoms with van der Waals surface area (Å²) in [5.41, 5.74) is 3.33. The molecule has 0 radical (unpaired) electrons. The normalized spacial score (nSPS) is 11.2. The van der Waals surface area contributed by atoms with Crippen LogP contribution in [0.25, 0.3) is 10.2 Å². The Bertz CT molecular complexity index is 970. The van der Waals surface area contributed by atoms with Crippen LogP contribution in [0.3, 0.4) is 0 Å². The number of rotatable bonds is 8. The summed E-state index contributed by atoms with van der Waals surface area (Å²) < 4.78 is 5.16. The zero-order valence-corrected chi connectivity index (χ0v) is 17.6. The molecule has 148 valence electrons. The minimum atomic E-state index is -0.304. The fraction of sp³-hybridized carbons (Fsp3) is 0.381. The molecule has 1 aromatic carbocycles. The number of anilines is 1. The molecular formula is C21H26N4O2S. The second-order valence-electron chi connectivity index (χ2n) is 6.68. The highest BCUT2D eigenvalue weighted by Crippen LogP contribution is 2.33. The summed E-state index contributed by atoms with van der Waals surface area (Å²) in [7, 11) is 2.11. The highest BCUT2D eigenvalue weighted by atomic mass is 32.1. The minimum absolute atomic E-state index is 0.304. The number of fused-ring (bicyclic) bond motifs is 1. The summed E-state index contributed by atoms with van der Waals surface area (Å²) in [4.78, 5) is 24.6. The van der Waals surface area contributed by atoms with E-state index in [4.69, 9.17) is 4.74 Å². The Hall–Kier alpha value is -2.51. The van der Waals surface area contributed by atoms with Crippen LogP contribution >= 0.6 is 11.3 Å². The number of aryl methyl sites for hydroxylation is 1. The Morgan fingerprint density at radius 1 is 1.25 bits per heavy atom. The molecule has 0 bridgehead atoms. The third kappa shape index (κ3) is 4.48. The fourth-order valence-corrected chi connectivity index (χ4v) is 4.09. The molecule has 3 rings (SSSR count). The predicted molar refractivity (Wildman–Crippen MR) is 114 cm³/mol. The number of ether oxygens (including phenoxy) is 1. The van der Waals surface area contributed by atoms with E-state index in [1.807, 2.05) is 6.92 Å². The molecule has 6 nitrogen and oxygen atoms in total. The van der Waals surface area contributed by atoms with Gasteiger partial charge in [0.15, 0.2) is 0 Å². The summed E-state index contributed by atoms with van der Waals surface area (Å²) in [5, 5.41) is 4.30. The van der Waals surface area contributed by atoms with Crippen molar-refractivity contribution in [3.63, 3.8) is 0 Å². The number of aromatic nitrogens is 2. The van der Waals surface area contributed by atoms with E-state index in [-0.39, 0.29) is 5.97 Å². The van der Waals surface area contributed by atoms with Gasteiger partial charge in [-0.15, -0.1) is 11.3 Å². The van der Waals surface area contributed by atoms with Crippen molar-refractivity contribution in [3.05, 3.63) is 52.2 Å². The molecule has 0 aliphatic rings. The summed E-state index contributed by atoms with van der Waals surface area (Å²) in [6.07, 6.45) is 1.53. The first kappa shape index (κ1) is 20.2. The molecule has 0 atom stereocenters. The zero-order chi connectivity index (χ0) is 20.1. The Morgan fingerprint density at radius 3 is 2.79 bits per heavy atom. The summed E-state index contributed by atoms with van der Waals surface area (Å²) in [6.45, 7) is 8.82. The second-order valence-corrected chi connectivity index (χ2v) is 7.68. The van der Waals surface area contributed by atoms with Crippen LogP contribution in [-0.2, 0) is 17.8 Å². The van der Waals surface area contributed by atoms with Gasteiger partial charge >= 0.3 is 5.97 Å². The molecule has 2 heterocycles. The third-order valence-corrected chi connectivity index (χ3v) is 5.81. The lowest BCUT2D eigenvalue weighted by molar-refractivity contribution is 0.0531. The van der Waals surface area contributed by atoms with Crippen LogP contribution in [0, 0.1) is 6.92 Å². The van der Waals surface area contributed by atoms with Gasteiger partial charge in [-0.25, -0.2) is 14.8 Å². The first-order valence-electron chi connectivity index (χ1n) is 9.44. The molecule has 3 aromatic rings. The zero-order valence-electron chi connectivity index (χ0n) is 16.8. The van der Waals surface area contributed by atoms with Gasteiger partial charge in [0.25, 0.3) is 0 Å². The van der Waals surface area contributed by atoms with E-state index in [0.29, 0.717) is 18.0 Å². The van der Waals surface area contributed by atoms with Gasteiger partial charge in [0.05, 0.1) is 12.0 Å². The highest BCUT2D eigenvalue weighted by molar-refractivity contribution is 7.20. The summed E-state index contributed by atoms with van der Waals surface area (Å²) >= 11 is 1.35. The number of carbonyl (C=O) groups excluding carboxylic acids is 1. The van der Waals surface area contributed by atoms with Gasteiger partial charge in [-0.05, 0) is 44.1 Å². The first-order valence-corrected chi connectivity index (χ1v) is 10.3. The third-order valence-electron chi connectivity index (χ3n) is 4.63. The first-order chi connectivity index (χ1) is 13.5. The van der Waals surface area contributed by atoms with E-state index in [0.717, 1.165) is 34.7 Å². The fourth-order valence-electron chi connectivity index (χ4n) is 3.04. The lowest BCUT2D eigenvalue weighted by Gasteiger charge is -2.14. The smallest absolute Gasteiger partial charge is 0.348 e. The van der Waals surface area contributed by atoms with Crippen LogP contribution in [0.4, 0.5) is 5.82 Å². The molecule has 2 aromatic heterocycles. The van der Waals surface area contributed by atoms with Crippen LogP contribution in [0.5, 0.6) is 0 Å². The van der Waals surface area contributed by atoms with Crippen molar-refractivity contribution in [3.8, 4) is 0 Å². The number of benzene rings is 1. The monoisotopic (exact) mass is 398 g/mol. The number of nitrogens with one attached hydrogen (secondary N) is 1. The van der Waals surface area contributed by atoms with Crippen molar-refractivity contribution in [2.24, 2.45) is 0 Å². The van der Waals surface area contributed by atoms with Gasteiger partial charge in [-0.3, -0.25) is 0 Å². The van der Waals surface area contributed by atoms with Crippen LogP contribution in [0.1, 0.15) is 40.2 Å². The molecule has 0 saturated carbocycles. The Balaban J connectivity index is 1.81. The molecule has 0 spiro atoms. The maximum Gasteiger partial charge on any atom is 0.348 e. The van der Waals surface area contributed by atoms with Crippen LogP contribution in [-0.4, -0.2) is 41.0 Å². The Labute approximate surface area is 169 Å². The molecular weight excluding hydrogens is 372 g/mol. The van der Waals surface area contributed by atoms with Gasteiger partial charge in [0.1, 0.15) is 21.9 Å². The Kier molecular flexibility index (Phi) is 6.59. The van der Waals surface area contributed by atoms with Gasteiger partial charge in [-0.1, -0.05) is 31.2 Å². The molecule has 0 aliphatic heterocycles. The molecule has 1 N–H and O–H groups in total. The number of thiophene rings is 1. The van der Waals surface area contributed by atoms with E-state index >= 15 is 0 Å². The maximum atomic E-state index is 12.2. The number of nitrogens with zero attached hydrogens (tertiary/aromatic N) is 3. The van der Waals surface area contributed by atoms with Gasteiger partial charge in [0, 0.05) is 13.1 Å². The van der Waals surface area contributed by atoms with E-state index in [9.17, 15) is 4.79 Å². The van der Waals surface area contributed by atoms with Crippen molar-refractivity contribution in [1.82, 2.24) is 14.9 Å². The molecule has 7 heteroatoms. The number of esters is 1. The van der Waals surface area contributed by atoms with Crippen molar-refractivity contribution in [2.45, 2.75) is 33.9 Å². The van der Waals surface area contributed by atoms with E-state index < -0.39 is 0 Å². The van der Waals surface area contributed by atoms with Crippen molar-refractivity contribution in [1.29, 1.82) is 0 Å². The second kappa shape index (κ2) is 9.12. The lowest BCUT2D eigenvalue weighted by atomic mass is 10.1. The highest BCUT2D eigenvalue weighted by Gasteiger charge is 2.20. The van der Waals surface area contributed by atoms with Crippen LogP contribution in [0.2, 0.25) is 0 Å². The average Bonchev–Trinajstić information content (AvgIpc) is 3.04. The molecule has 0 unspecified atom stereocenters. The Morgan fingerprint density at radius 2 is 2.04 bits per heavy atom. The minimum Gasteiger partial charge on any atom is -0.462 e. The van der Waals surface area contributed by atoms with Crippen molar-refractivity contribution in [2.75, 3.05) is 25.5 Å². The SMILES string of the molecule is CCOC(=O)c1sc2ncnc(NCc3cccc(CN(C)CC)c3)c2c1C. The standard InChI is InChI=1S/C21H26N4O2S/c1-5-25(4)12-16-9-7-8-15(10-16)11-22-19-17-14(3)18(21(26)27-6-2)28-20(17)24-13-23-19/h7-10,13H,5-6,11-12H2,1-4H3,(H,22,23,24). The van der Waals surface area contributed by atoms with Crippen LogP contribution < -0.4 is 5.32 Å². The van der Waals surface area contributed by atoms with Gasteiger partial charge in [0.2, 0.25) is 0 Å². The quantitative estimate of drug-likeness (QED) is 0.573. The molecule has 0 aliphatic carbocycles. The van der Waals surface area contributed by atoms with E-state index in [2.05, 4.69) is 58.4 Å². The van der Waals surface area contributed by atoms with Crippen molar-refractivity contribution >= 4 is 33.3 Å². The molecule has 0 saturated heterocycles. The lowest BCUT2D eigenvalue weighted by Crippen LogP contribution is -2.16.